The zero-order valence-electron chi connectivity index (χ0n) is 16.7. The van der Waals surface area contributed by atoms with E-state index in [1.54, 1.807) is 30.4 Å². The van der Waals surface area contributed by atoms with E-state index in [9.17, 15) is 4.79 Å². The van der Waals surface area contributed by atoms with Crippen LogP contribution in [0.2, 0.25) is 0 Å². The Morgan fingerprint density at radius 3 is 2.55 bits per heavy atom. The monoisotopic (exact) mass is 391 g/mol. The number of carbonyl (C=O) groups is 1. The van der Waals surface area contributed by atoms with Crippen molar-refractivity contribution in [3.8, 4) is 11.5 Å². The van der Waals surface area contributed by atoms with Gasteiger partial charge in [-0.25, -0.2) is 0 Å². The number of amides is 1. The molecule has 150 valence electrons. The molecule has 1 heterocycles. The number of nitrogens with zero attached hydrogens (tertiary/aromatic N) is 1. The molecular formula is C24H25NO4. The molecule has 0 unspecified atom stereocenters. The van der Waals surface area contributed by atoms with Crippen molar-refractivity contribution in [2.45, 2.75) is 20.0 Å². The van der Waals surface area contributed by atoms with Gasteiger partial charge in [0, 0.05) is 12.6 Å². The van der Waals surface area contributed by atoms with Crippen LogP contribution in [0.3, 0.4) is 0 Å². The van der Waals surface area contributed by atoms with Gasteiger partial charge in [-0.15, -0.1) is 0 Å². The van der Waals surface area contributed by atoms with Gasteiger partial charge in [-0.05, 0) is 48.4 Å². The smallest absolute Gasteiger partial charge is 0.247 e. The van der Waals surface area contributed by atoms with Gasteiger partial charge in [0.05, 0.1) is 26.5 Å². The number of hydrogen-bond donors (Lipinski definition) is 0. The summed E-state index contributed by atoms with van der Waals surface area (Å²) in [7, 11) is 1.60. The first-order chi connectivity index (χ1) is 14.2. The standard InChI is InChI=1S/C24H25NO4/c1-3-28-22-13-11-19(16-23(22)27-2)12-14-24(26)25(18-21-10-7-15-29-21)17-20-8-5-4-6-9-20/h4-16H,3,17-18H2,1-2H3/b14-12+. The predicted octanol–water partition coefficient (Wildman–Crippen LogP) is 4.93. The van der Waals surface area contributed by atoms with E-state index in [0.29, 0.717) is 31.2 Å². The summed E-state index contributed by atoms with van der Waals surface area (Å²) in [5.74, 6) is 1.96. The van der Waals surface area contributed by atoms with E-state index in [0.717, 1.165) is 16.9 Å². The Hall–Kier alpha value is -3.47. The van der Waals surface area contributed by atoms with Gasteiger partial charge in [-0.2, -0.15) is 0 Å². The highest BCUT2D eigenvalue weighted by atomic mass is 16.5. The molecule has 0 N–H and O–H groups in total. The summed E-state index contributed by atoms with van der Waals surface area (Å²) in [6, 6.07) is 19.2. The Morgan fingerprint density at radius 1 is 1.03 bits per heavy atom. The van der Waals surface area contributed by atoms with Crippen molar-refractivity contribution < 1.29 is 18.7 Å². The average Bonchev–Trinajstić information content (AvgIpc) is 3.26. The highest BCUT2D eigenvalue weighted by Crippen LogP contribution is 2.28. The van der Waals surface area contributed by atoms with Crippen LogP contribution in [0.25, 0.3) is 6.08 Å². The summed E-state index contributed by atoms with van der Waals surface area (Å²) in [5, 5.41) is 0. The molecule has 0 radical (unpaired) electrons. The van der Waals surface area contributed by atoms with Gasteiger partial charge in [0.25, 0.3) is 0 Å². The second kappa shape index (κ2) is 10.2. The van der Waals surface area contributed by atoms with E-state index < -0.39 is 0 Å². The molecule has 1 amide bonds. The second-order valence-electron chi connectivity index (χ2n) is 6.44. The highest BCUT2D eigenvalue weighted by Gasteiger charge is 2.14. The summed E-state index contributed by atoms with van der Waals surface area (Å²) < 4.78 is 16.3. The SMILES string of the molecule is CCOc1ccc(/C=C/C(=O)N(Cc2ccccc2)Cc2ccco2)cc1OC. The molecule has 0 atom stereocenters. The molecule has 3 aromatic rings. The number of hydrogen-bond acceptors (Lipinski definition) is 4. The molecule has 0 aliphatic carbocycles. The van der Waals surface area contributed by atoms with Crippen LogP contribution in [0.5, 0.6) is 11.5 Å². The third kappa shape index (κ3) is 5.75. The Bertz CT molecular complexity index is 933. The largest absolute Gasteiger partial charge is 0.493 e. The van der Waals surface area contributed by atoms with Gasteiger partial charge in [-0.3, -0.25) is 4.79 Å². The average molecular weight is 391 g/mol. The summed E-state index contributed by atoms with van der Waals surface area (Å²) in [6.45, 7) is 3.38. The van der Waals surface area contributed by atoms with Crippen molar-refractivity contribution in [2.75, 3.05) is 13.7 Å². The Balaban J connectivity index is 1.76. The topological polar surface area (TPSA) is 51.9 Å². The third-order valence-corrected chi connectivity index (χ3v) is 4.36. The lowest BCUT2D eigenvalue weighted by Crippen LogP contribution is -2.28. The van der Waals surface area contributed by atoms with Crippen LogP contribution < -0.4 is 9.47 Å². The Kier molecular flexibility index (Phi) is 7.11. The maximum absolute atomic E-state index is 12.9. The van der Waals surface area contributed by atoms with Crippen molar-refractivity contribution >= 4 is 12.0 Å². The summed E-state index contributed by atoms with van der Waals surface area (Å²) >= 11 is 0. The van der Waals surface area contributed by atoms with E-state index in [-0.39, 0.29) is 5.91 Å². The van der Waals surface area contributed by atoms with Gasteiger partial charge in [0.1, 0.15) is 5.76 Å². The molecule has 0 saturated carbocycles. The number of benzene rings is 2. The molecule has 0 fully saturated rings. The van der Waals surface area contributed by atoms with Crippen LogP contribution in [0.1, 0.15) is 23.8 Å². The first-order valence-corrected chi connectivity index (χ1v) is 9.53. The van der Waals surface area contributed by atoms with Crippen molar-refractivity contribution in [1.29, 1.82) is 0 Å². The van der Waals surface area contributed by atoms with Crippen molar-refractivity contribution in [3.05, 3.63) is 89.9 Å². The maximum Gasteiger partial charge on any atom is 0.247 e. The van der Waals surface area contributed by atoms with Gasteiger partial charge < -0.3 is 18.8 Å². The Labute approximate surface area is 171 Å². The lowest BCUT2D eigenvalue weighted by Gasteiger charge is -2.20. The summed E-state index contributed by atoms with van der Waals surface area (Å²) in [5.41, 5.74) is 1.92. The van der Waals surface area contributed by atoms with Gasteiger partial charge in [0.15, 0.2) is 11.5 Å². The highest BCUT2D eigenvalue weighted by molar-refractivity contribution is 5.91. The lowest BCUT2D eigenvalue weighted by molar-refractivity contribution is -0.127. The molecule has 0 aliphatic heterocycles. The Morgan fingerprint density at radius 2 is 1.86 bits per heavy atom. The molecule has 0 bridgehead atoms. The lowest BCUT2D eigenvalue weighted by atomic mass is 10.1. The fraction of sp³-hybridized carbons (Fsp3) is 0.208. The number of carbonyl (C=O) groups excluding carboxylic acids is 1. The number of rotatable bonds is 9. The minimum atomic E-state index is -0.0990. The second-order valence-corrected chi connectivity index (χ2v) is 6.44. The van der Waals surface area contributed by atoms with Gasteiger partial charge >= 0.3 is 0 Å². The van der Waals surface area contributed by atoms with E-state index in [1.807, 2.05) is 67.6 Å². The molecular weight excluding hydrogens is 366 g/mol. The first kappa shape index (κ1) is 20.3. The van der Waals surface area contributed by atoms with Crippen LogP contribution in [-0.2, 0) is 17.9 Å². The molecule has 0 aliphatic rings. The zero-order valence-corrected chi connectivity index (χ0v) is 16.7. The third-order valence-electron chi connectivity index (χ3n) is 4.36. The van der Waals surface area contributed by atoms with Crippen LogP contribution in [0.4, 0.5) is 0 Å². The minimum Gasteiger partial charge on any atom is -0.493 e. The fourth-order valence-electron chi connectivity index (χ4n) is 2.94. The number of methoxy groups -OCH3 is 1. The van der Waals surface area contributed by atoms with Crippen LogP contribution >= 0.6 is 0 Å². The molecule has 29 heavy (non-hydrogen) atoms. The van der Waals surface area contributed by atoms with Crippen molar-refractivity contribution in [3.63, 3.8) is 0 Å². The quantitative estimate of drug-likeness (QED) is 0.486. The predicted molar refractivity (Wildman–Crippen MR) is 113 cm³/mol. The molecule has 0 saturated heterocycles. The van der Waals surface area contributed by atoms with Gasteiger partial charge in [0.2, 0.25) is 5.91 Å². The molecule has 5 nitrogen and oxygen atoms in total. The van der Waals surface area contributed by atoms with Gasteiger partial charge in [-0.1, -0.05) is 36.4 Å². The molecule has 1 aromatic heterocycles. The van der Waals surface area contributed by atoms with E-state index in [4.69, 9.17) is 13.9 Å². The van der Waals surface area contributed by atoms with E-state index >= 15 is 0 Å². The van der Waals surface area contributed by atoms with Crippen molar-refractivity contribution in [1.82, 2.24) is 4.90 Å². The summed E-state index contributed by atoms with van der Waals surface area (Å²) in [4.78, 5) is 14.7. The zero-order chi connectivity index (χ0) is 20.5. The molecule has 5 heteroatoms. The molecule has 0 spiro atoms. The number of ether oxygens (including phenoxy) is 2. The van der Waals surface area contributed by atoms with Crippen LogP contribution in [0.15, 0.2) is 77.4 Å². The van der Waals surface area contributed by atoms with Crippen molar-refractivity contribution in [2.24, 2.45) is 0 Å². The number of furan rings is 1. The van der Waals surface area contributed by atoms with Crippen LogP contribution in [0, 0.1) is 0 Å². The van der Waals surface area contributed by atoms with E-state index in [2.05, 4.69) is 0 Å². The molecule has 2 aromatic carbocycles. The summed E-state index contributed by atoms with van der Waals surface area (Å²) in [6.07, 6.45) is 4.96. The maximum atomic E-state index is 12.9. The minimum absolute atomic E-state index is 0.0990. The fourth-order valence-corrected chi connectivity index (χ4v) is 2.94. The van der Waals surface area contributed by atoms with Crippen LogP contribution in [-0.4, -0.2) is 24.5 Å². The van der Waals surface area contributed by atoms with E-state index in [1.165, 1.54) is 0 Å². The molecule has 3 rings (SSSR count). The normalized spacial score (nSPS) is 10.8. The first-order valence-electron chi connectivity index (χ1n) is 9.53.